The molecule has 1 atom stereocenters. The van der Waals surface area contributed by atoms with E-state index in [2.05, 4.69) is 20.5 Å². The molecule has 0 aliphatic heterocycles. The molecule has 10 heteroatoms. The van der Waals surface area contributed by atoms with E-state index in [1.807, 2.05) is 12.1 Å². The van der Waals surface area contributed by atoms with Crippen LogP contribution in [-0.4, -0.2) is 31.3 Å². The molecule has 1 heterocycles. The van der Waals surface area contributed by atoms with Crippen LogP contribution in [0.4, 0.5) is 11.4 Å². The van der Waals surface area contributed by atoms with Crippen molar-refractivity contribution in [2.45, 2.75) is 17.3 Å². The first-order chi connectivity index (χ1) is 12.9. The lowest BCUT2D eigenvalue weighted by Crippen LogP contribution is -2.23. The van der Waals surface area contributed by atoms with Gasteiger partial charge in [0.2, 0.25) is 11.1 Å². The van der Waals surface area contributed by atoms with Crippen LogP contribution in [0.15, 0.2) is 53.7 Å². The number of nitrogens with zero attached hydrogens (tertiary/aromatic N) is 3. The fraction of sp³-hybridized carbons (Fsp3) is 0.118. The largest absolute Gasteiger partial charge is 0.319 e. The van der Waals surface area contributed by atoms with Crippen molar-refractivity contribution in [2.24, 2.45) is 0 Å². The molecule has 0 saturated carbocycles. The summed E-state index contributed by atoms with van der Waals surface area (Å²) in [4.78, 5) is 27.2. The predicted octanol–water partition coefficient (Wildman–Crippen LogP) is 4.15. The van der Waals surface area contributed by atoms with Crippen molar-refractivity contribution in [3.8, 4) is 11.4 Å². The summed E-state index contributed by atoms with van der Waals surface area (Å²) in [7, 11) is 0. The molecule has 0 radical (unpaired) electrons. The van der Waals surface area contributed by atoms with Gasteiger partial charge in [-0.25, -0.2) is 4.98 Å². The summed E-state index contributed by atoms with van der Waals surface area (Å²) >= 11 is 7.01. The van der Waals surface area contributed by atoms with Gasteiger partial charge in [0.1, 0.15) is 5.69 Å². The number of thioether (sulfide) groups is 1. The average molecular weight is 404 g/mol. The van der Waals surface area contributed by atoms with Gasteiger partial charge < -0.3 is 5.32 Å². The average Bonchev–Trinajstić information content (AvgIpc) is 3.11. The number of carbonyl (C=O) groups is 1. The molecule has 8 nitrogen and oxygen atoms in total. The highest BCUT2D eigenvalue weighted by atomic mass is 35.5. The van der Waals surface area contributed by atoms with Crippen LogP contribution in [0, 0.1) is 10.1 Å². The van der Waals surface area contributed by atoms with Gasteiger partial charge in [0, 0.05) is 16.7 Å². The van der Waals surface area contributed by atoms with Crippen molar-refractivity contribution in [3.05, 3.63) is 63.7 Å². The third kappa shape index (κ3) is 4.63. The summed E-state index contributed by atoms with van der Waals surface area (Å²) < 4.78 is 0. The van der Waals surface area contributed by atoms with Crippen LogP contribution in [0.5, 0.6) is 0 Å². The van der Waals surface area contributed by atoms with E-state index in [0.29, 0.717) is 16.0 Å². The maximum atomic E-state index is 12.4. The lowest BCUT2D eigenvalue weighted by atomic mass is 10.2. The lowest BCUT2D eigenvalue weighted by molar-refractivity contribution is -0.383. The highest BCUT2D eigenvalue weighted by molar-refractivity contribution is 8.00. The fourth-order valence-corrected chi connectivity index (χ4v) is 3.07. The Morgan fingerprint density at radius 1 is 1.26 bits per heavy atom. The van der Waals surface area contributed by atoms with Gasteiger partial charge in [-0.3, -0.25) is 20.0 Å². The van der Waals surface area contributed by atoms with Crippen molar-refractivity contribution in [1.29, 1.82) is 0 Å². The molecule has 2 N–H and O–H groups in total. The number of halogens is 1. The second-order valence-corrected chi connectivity index (χ2v) is 7.24. The summed E-state index contributed by atoms with van der Waals surface area (Å²) in [6.07, 6.45) is 0. The van der Waals surface area contributed by atoms with Crippen LogP contribution in [0.3, 0.4) is 0 Å². The normalized spacial score (nSPS) is 11.8. The molecule has 0 spiro atoms. The molecular formula is C17H14ClN5O3S. The molecule has 2 aromatic carbocycles. The molecule has 27 heavy (non-hydrogen) atoms. The first-order valence-electron chi connectivity index (χ1n) is 7.83. The van der Waals surface area contributed by atoms with E-state index in [0.717, 1.165) is 17.3 Å². The molecule has 0 bridgehead atoms. The van der Waals surface area contributed by atoms with Crippen molar-refractivity contribution in [2.75, 3.05) is 5.32 Å². The van der Waals surface area contributed by atoms with Crippen LogP contribution >= 0.6 is 23.4 Å². The molecular weight excluding hydrogens is 390 g/mol. The molecule has 3 rings (SSSR count). The molecule has 0 aliphatic rings. The Kier molecular flexibility index (Phi) is 5.72. The Balaban J connectivity index is 1.67. The van der Waals surface area contributed by atoms with E-state index >= 15 is 0 Å². The quantitative estimate of drug-likeness (QED) is 0.363. The number of nitrogens with one attached hydrogen (secondary N) is 2. The number of amides is 1. The standard InChI is InChI=1S/C17H14ClN5O3S/c1-10(16(24)19-13-4-2-3-5-14(13)23(25)26)27-17-20-15(21-22-17)11-6-8-12(18)9-7-11/h2-10H,1H3,(H,19,24)(H,20,21,22). The third-order valence-electron chi connectivity index (χ3n) is 3.59. The second-order valence-electron chi connectivity index (χ2n) is 5.50. The highest BCUT2D eigenvalue weighted by Gasteiger charge is 2.21. The Morgan fingerprint density at radius 2 is 1.96 bits per heavy atom. The second kappa shape index (κ2) is 8.19. The lowest BCUT2D eigenvalue weighted by Gasteiger charge is -2.10. The van der Waals surface area contributed by atoms with E-state index in [1.165, 1.54) is 18.2 Å². The van der Waals surface area contributed by atoms with Crippen molar-refractivity contribution in [3.63, 3.8) is 0 Å². The molecule has 3 aromatic rings. The number of benzene rings is 2. The summed E-state index contributed by atoms with van der Waals surface area (Å²) in [5.74, 6) is 0.174. The van der Waals surface area contributed by atoms with Gasteiger partial charge in [-0.2, -0.15) is 0 Å². The number of carbonyl (C=O) groups excluding carboxylic acids is 1. The SMILES string of the molecule is CC(Sc1n[nH]c(-c2ccc(Cl)cc2)n1)C(=O)Nc1ccccc1[N+](=O)[O-]. The van der Waals surface area contributed by atoms with E-state index < -0.39 is 10.2 Å². The van der Waals surface area contributed by atoms with Gasteiger partial charge in [0.15, 0.2) is 5.82 Å². The van der Waals surface area contributed by atoms with Crippen LogP contribution < -0.4 is 5.32 Å². The molecule has 0 saturated heterocycles. The van der Waals surface area contributed by atoms with Gasteiger partial charge in [-0.1, -0.05) is 35.5 Å². The zero-order valence-corrected chi connectivity index (χ0v) is 15.6. The number of hydrogen-bond donors (Lipinski definition) is 2. The van der Waals surface area contributed by atoms with E-state index in [1.54, 1.807) is 25.1 Å². The zero-order chi connectivity index (χ0) is 19.4. The monoisotopic (exact) mass is 403 g/mol. The first-order valence-corrected chi connectivity index (χ1v) is 9.09. The van der Waals surface area contributed by atoms with Gasteiger partial charge in [0.25, 0.3) is 5.69 Å². The van der Waals surface area contributed by atoms with Crippen molar-refractivity contribution in [1.82, 2.24) is 15.2 Å². The maximum Gasteiger partial charge on any atom is 0.292 e. The first kappa shape index (κ1) is 18.9. The number of nitro benzene ring substituents is 1. The topological polar surface area (TPSA) is 114 Å². The molecule has 138 valence electrons. The van der Waals surface area contributed by atoms with E-state index in [4.69, 9.17) is 11.6 Å². The minimum absolute atomic E-state index is 0.150. The third-order valence-corrected chi connectivity index (χ3v) is 4.81. The molecule has 1 unspecified atom stereocenters. The van der Waals surface area contributed by atoms with Crippen LogP contribution in [0.2, 0.25) is 5.02 Å². The smallest absolute Gasteiger partial charge is 0.292 e. The Morgan fingerprint density at radius 3 is 2.67 bits per heavy atom. The number of anilines is 1. The number of hydrogen-bond acceptors (Lipinski definition) is 6. The Hall–Kier alpha value is -2.91. The predicted molar refractivity (Wildman–Crippen MR) is 104 cm³/mol. The van der Waals surface area contributed by atoms with Crippen molar-refractivity contribution < 1.29 is 9.72 Å². The minimum Gasteiger partial charge on any atom is -0.319 e. The van der Waals surface area contributed by atoms with Crippen LogP contribution in [0.1, 0.15) is 6.92 Å². The fourth-order valence-electron chi connectivity index (χ4n) is 2.22. The maximum absolute atomic E-state index is 12.4. The number of rotatable bonds is 6. The molecule has 0 aliphatic carbocycles. The van der Waals surface area contributed by atoms with Gasteiger partial charge in [-0.05, 0) is 37.3 Å². The minimum atomic E-state index is -0.557. The number of aromatic amines is 1. The molecule has 1 amide bonds. The van der Waals surface area contributed by atoms with E-state index in [-0.39, 0.29) is 17.3 Å². The highest BCUT2D eigenvalue weighted by Crippen LogP contribution is 2.27. The number of nitro groups is 1. The summed E-state index contributed by atoms with van der Waals surface area (Å²) in [5.41, 5.74) is 0.804. The van der Waals surface area contributed by atoms with Gasteiger partial charge >= 0.3 is 0 Å². The Bertz CT molecular complexity index is 977. The number of para-hydroxylation sites is 2. The summed E-state index contributed by atoms with van der Waals surface area (Å²) in [6.45, 7) is 1.67. The van der Waals surface area contributed by atoms with Crippen LogP contribution in [-0.2, 0) is 4.79 Å². The van der Waals surface area contributed by atoms with Gasteiger partial charge in [0.05, 0.1) is 10.2 Å². The van der Waals surface area contributed by atoms with Crippen molar-refractivity contribution >= 4 is 40.6 Å². The number of aromatic nitrogens is 3. The summed E-state index contributed by atoms with van der Waals surface area (Å²) in [5, 5.41) is 21.0. The molecule has 0 fully saturated rings. The van der Waals surface area contributed by atoms with Crippen LogP contribution in [0.25, 0.3) is 11.4 Å². The molecule has 1 aromatic heterocycles. The Labute approximate surface area is 163 Å². The summed E-state index contributed by atoms with van der Waals surface area (Å²) in [6, 6.07) is 13.1. The zero-order valence-electron chi connectivity index (χ0n) is 14.0. The van der Waals surface area contributed by atoms with Gasteiger partial charge in [-0.15, -0.1) is 5.10 Å². The van der Waals surface area contributed by atoms with E-state index in [9.17, 15) is 14.9 Å². The number of H-pyrrole nitrogens is 1.